The molecule has 0 bridgehead atoms. The fourth-order valence-electron chi connectivity index (χ4n) is 2.27. The molecule has 0 radical (unpaired) electrons. The second kappa shape index (κ2) is 8.22. The molecule has 0 fully saturated rings. The molecule has 0 unspecified atom stereocenters. The minimum atomic E-state index is 0. The van der Waals surface area contributed by atoms with E-state index in [9.17, 15) is 0 Å². The average Bonchev–Trinajstić information content (AvgIpc) is 2.61. The van der Waals surface area contributed by atoms with Crippen LogP contribution in [0.1, 0.15) is 5.56 Å². The molecule has 0 saturated carbocycles. The van der Waals surface area contributed by atoms with Gasteiger partial charge in [-0.25, -0.2) is 0 Å². The Kier molecular flexibility index (Phi) is 6.03. The zero-order valence-corrected chi connectivity index (χ0v) is 13.4. The Morgan fingerprint density at radius 1 is 0.783 bits per heavy atom. The van der Waals surface area contributed by atoms with Crippen molar-refractivity contribution in [2.24, 2.45) is 5.84 Å². The molecule has 0 atom stereocenters. The van der Waals surface area contributed by atoms with Crippen molar-refractivity contribution in [3.63, 3.8) is 0 Å². The van der Waals surface area contributed by atoms with E-state index in [0.717, 1.165) is 28.1 Å². The maximum absolute atomic E-state index is 5.80. The Morgan fingerprint density at radius 3 is 2.22 bits per heavy atom. The summed E-state index contributed by atoms with van der Waals surface area (Å²) >= 11 is 0. The summed E-state index contributed by atoms with van der Waals surface area (Å²) in [5.41, 5.74) is 6.96. The van der Waals surface area contributed by atoms with Gasteiger partial charge in [0.15, 0.2) is 0 Å². The van der Waals surface area contributed by atoms with E-state index in [1.54, 1.807) is 0 Å². The lowest BCUT2D eigenvalue weighted by atomic mass is 10.1. The molecular weight excluding hydrogens is 308 g/mol. The fourth-order valence-corrected chi connectivity index (χ4v) is 2.27. The number of hydrazine groups is 1. The Morgan fingerprint density at radius 2 is 1.52 bits per heavy atom. The molecular formula is C19H19ClN2O. The first kappa shape index (κ1) is 16.9. The predicted molar refractivity (Wildman–Crippen MR) is 97.7 cm³/mol. The van der Waals surface area contributed by atoms with Crippen LogP contribution in [0.25, 0.3) is 11.1 Å². The Bertz CT molecular complexity index is 730. The van der Waals surface area contributed by atoms with E-state index in [1.807, 2.05) is 48.5 Å². The third-order valence-electron chi connectivity index (χ3n) is 3.47. The summed E-state index contributed by atoms with van der Waals surface area (Å²) in [4.78, 5) is 0. The van der Waals surface area contributed by atoms with Crippen LogP contribution < -0.4 is 16.0 Å². The molecule has 0 heterocycles. The highest BCUT2D eigenvalue weighted by atomic mass is 35.5. The van der Waals surface area contributed by atoms with Crippen molar-refractivity contribution >= 4 is 18.1 Å². The maximum atomic E-state index is 5.80. The molecule has 23 heavy (non-hydrogen) atoms. The van der Waals surface area contributed by atoms with E-state index >= 15 is 0 Å². The van der Waals surface area contributed by atoms with Crippen LogP contribution in [0, 0.1) is 0 Å². The molecule has 3 rings (SSSR count). The van der Waals surface area contributed by atoms with E-state index in [4.69, 9.17) is 10.6 Å². The minimum absolute atomic E-state index is 0. The first-order valence-corrected chi connectivity index (χ1v) is 7.19. The van der Waals surface area contributed by atoms with Crippen LogP contribution in [-0.2, 0) is 6.61 Å². The van der Waals surface area contributed by atoms with Crippen molar-refractivity contribution in [2.75, 3.05) is 5.43 Å². The number of nitrogens with two attached hydrogens (primary N) is 1. The summed E-state index contributed by atoms with van der Waals surface area (Å²) in [5, 5.41) is 0. The first-order valence-electron chi connectivity index (χ1n) is 7.19. The molecule has 0 spiro atoms. The van der Waals surface area contributed by atoms with Crippen molar-refractivity contribution < 1.29 is 4.74 Å². The number of halogens is 1. The van der Waals surface area contributed by atoms with Crippen LogP contribution in [0.15, 0.2) is 78.9 Å². The average molecular weight is 327 g/mol. The second-order valence-electron chi connectivity index (χ2n) is 5.02. The van der Waals surface area contributed by atoms with Crippen LogP contribution in [0.5, 0.6) is 5.75 Å². The van der Waals surface area contributed by atoms with E-state index in [-0.39, 0.29) is 12.4 Å². The van der Waals surface area contributed by atoms with E-state index in [1.165, 1.54) is 0 Å². The van der Waals surface area contributed by atoms with Gasteiger partial charge in [0, 0.05) is 5.69 Å². The van der Waals surface area contributed by atoms with Gasteiger partial charge < -0.3 is 10.2 Å². The predicted octanol–water partition coefficient (Wildman–Crippen LogP) is 4.64. The van der Waals surface area contributed by atoms with Crippen LogP contribution >= 0.6 is 12.4 Å². The lowest BCUT2D eigenvalue weighted by molar-refractivity contribution is 0.306. The zero-order chi connectivity index (χ0) is 15.2. The third kappa shape index (κ3) is 4.49. The molecule has 4 heteroatoms. The zero-order valence-electron chi connectivity index (χ0n) is 12.6. The van der Waals surface area contributed by atoms with Gasteiger partial charge in [-0.05, 0) is 41.0 Å². The van der Waals surface area contributed by atoms with E-state index in [2.05, 4.69) is 35.8 Å². The Balaban J connectivity index is 0.00000192. The number of ether oxygens (including phenoxy) is 1. The standard InChI is InChI=1S/C19H18N2O.ClH/c20-21-18-8-4-7-17(13-18)16-9-11-19(12-10-16)22-14-15-5-2-1-3-6-15;/h1-13,21H,14,20H2;1H. The molecule has 0 aromatic heterocycles. The molecule has 3 N–H and O–H groups in total. The summed E-state index contributed by atoms with van der Waals surface area (Å²) in [5.74, 6) is 6.31. The molecule has 0 aliphatic heterocycles. The molecule has 3 aromatic carbocycles. The van der Waals surface area contributed by atoms with E-state index < -0.39 is 0 Å². The van der Waals surface area contributed by atoms with Crippen LogP contribution in [0.3, 0.4) is 0 Å². The Labute approximate surface area is 142 Å². The summed E-state index contributed by atoms with van der Waals surface area (Å²) in [7, 11) is 0. The number of nitrogen functional groups attached to an aromatic ring is 1. The summed E-state index contributed by atoms with van der Waals surface area (Å²) in [6, 6.07) is 26.2. The maximum Gasteiger partial charge on any atom is 0.119 e. The number of hydrogen-bond acceptors (Lipinski definition) is 3. The van der Waals surface area contributed by atoms with Crippen molar-refractivity contribution in [3.8, 4) is 16.9 Å². The quantitative estimate of drug-likeness (QED) is 0.530. The largest absolute Gasteiger partial charge is 0.489 e. The lowest BCUT2D eigenvalue weighted by Gasteiger charge is -2.08. The highest BCUT2D eigenvalue weighted by molar-refractivity contribution is 5.85. The first-order chi connectivity index (χ1) is 10.8. The van der Waals surface area contributed by atoms with Gasteiger partial charge in [-0.3, -0.25) is 5.84 Å². The van der Waals surface area contributed by atoms with Crippen LogP contribution in [0.2, 0.25) is 0 Å². The molecule has 3 nitrogen and oxygen atoms in total. The van der Waals surface area contributed by atoms with Gasteiger partial charge in [0.2, 0.25) is 0 Å². The SMILES string of the molecule is Cl.NNc1cccc(-c2ccc(OCc3ccccc3)cc2)c1. The van der Waals surface area contributed by atoms with Gasteiger partial charge in [-0.2, -0.15) is 0 Å². The van der Waals surface area contributed by atoms with Crippen molar-refractivity contribution in [2.45, 2.75) is 6.61 Å². The molecule has 0 aliphatic carbocycles. The normalized spacial score (nSPS) is 9.78. The topological polar surface area (TPSA) is 47.3 Å². The number of benzene rings is 3. The van der Waals surface area contributed by atoms with E-state index in [0.29, 0.717) is 6.61 Å². The van der Waals surface area contributed by atoms with Crippen molar-refractivity contribution in [1.82, 2.24) is 0 Å². The summed E-state index contributed by atoms with van der Waals surface area (Å²) in [6.45, 7) is 0.576. The van der Waals surface area contributed by atoms with Crippen LogP contribution in [-0.4, -0.2) is 0 Å². The highest BCUT2D eigenvalue weighted by Crippen LogP contribution is 2.24. The van der Waals surface area contributed by atoms with Crippen molar-refractivity contribution in [3.05, 3.63) is 84.4 Å². The van der Waals surface area contributed by atoms with Gasteiger partial charge >= 0.3 is 0 Å². The molecule has 3 aromatic rings. The highest BCUT2D eigenvalue weighted by Gasteiger charge is 2.00. The Hall–Kier alpha value is -2.49. The number of anilines is 1. The molecule has 0 amide bonds. The second-order valence-corrected chi connectivity index (χ2v) is 5.02. The monoisotopic (exact) mass is 326 g/mol. The summed E-state index contributed by atoms with van der Waals surface area (Å²) < 4.78 is 5.80. The molecule has 0 saturated heterocycles. The molecule has 0 aliphatic rings. The molecule has 118 valence electrons. The van der Waals surface area contributed by atoms with Gasteiger partial charge in [-0.15, -0.1) is 12.4 Å². The number of hydrogen-bond donors (Lipinski definition) is 2. The van der Waals surface area contributed by atoms with Gasteiger partial charge in [0.25, 0.3) is 0 Å². The fraction of sp³-hybridized carbons (Fsp3) is 0.0526. The number of rotatable bonds is 5. The smallest absolute Gasteiger partial charge is 0.119 e. The van der Waals surface area contributed by atoms with Gasteiger partial charge in [0.05, 0.1) is 0 Å². The van der Waals surface area contributed by atoms with Crippen LogP contribution in [0.4, 0.5) is 5.69 Å². The van der Waals surface area contributed by atoms with Gasteiger partial charge in [0.1, 0.15) is 12.4 Å². The lowest BCUT2D eigenvalue weighted by Crippen LogP contribution is -2.06. The van der Waals surface area contributed by atoms with Crippen molar-refractivity contribution in [1.29, 1.82) is 0 Å². The third-order valence-corrected chi connectivity index (χ3v) is 3.47. The van der Waals surface area contributed by atoms with Gasteiger partial charge in [-0.1, -0.05) is 54.6 Å². The summed E-state index contributed by atoms with van der Waals surface area (Å²) in [6.07, 6.45) is 0. The number of nitrogens with one attached hydrogen (secondary N) is 1. The minimum Gasteiger partial charge on any atom is -0.489 e.